The fraction of sp³-hybridized carbons (Fsp3) is 0.692. The minimum absolute atomic E-state index is 0.129. The second kappa shape index (κ2) is 5.70. The van der Waals surface area contributed by atoms with Gasteiger partial charge in [-0.3, -0.25) is 0 Å². The number of hydrogen-bond donors (Lipinski definition) is 0. The highest BCUT2D eigenvalue weighted by Crippen LogP contribution is 2.16. The molecular weight excluding hydrogens is 260 g/mol. The van der Waals surface area contributed by atoms with Crippen LogP contribution in [0.2, 0.25) is 0 Å². The lowest BCUT2D eigenvalue weighted by molar-refractivity contribution is 0.0428. The Kier molecular flexibility index (Phi) is 3.77. The third-order valence-corrected chi connectivity index (χ3v) is 3.77. The van der Waals surface area contributed by atoms with E-state index in [1.54, 1.807) is 0 Å². The Morgan fingerprint density at radius 1 is 1.10 bits per heavy atom. The van der Waals surface area contributed by atoms with Crippen LogP contribution in [0.25, 0.3) is 0 Å². The van der Waals surface area contributed by atoms with E-state index >= 15 is 0 Å². The lowest BCUT2D eigenvalue weighted by atomic mass is 10.3. The van der Waals surface area contributed by atoms with Gasteiger partial charge in [-0.2, -0.15) is 0 Å². The maximum atomic E-state index is 12.3. The van der Waals surface area contributed by atoms with Gasteiger partial charge in [0.15, 0.2) is 5.82 Å². The molecule has 7 heteroatoms. The summed E-state index contributed by atoms with van der Waals surface area (Å²) in [6.07, 6.45) is 0. The first-order chi connectivity index (χ1) is 9.74. The molecule has 7 nitrogen and oxygen atoms in total. The number of rotatable bonds is 1. The van der Waals surface area contributed by atoms with E-state index in [-0.39, 0.29) is 6.03 Å². The average Bonchev–Trinajstić information content (AvgIpc) is 2.94. The number of hydrogen-bond acceptors (Lipinski definition) is 5. The zero-order valence-corrected chi connectivity index (χ0v) is 11.7. The smallest absolute Gasteiger partial charge is 0.320 e. The first kappa shape index (κ1) is 13.2. The highest BCUT2D eigenvalue weighted by atomic mass is 16.5. The summed E-state index contributed by atoms with van der Waals surface area (Å²) >= 11 is 0. The summed E-state index contributed by atoms with van der Waals surface area (Å²) in [7, 11) is 0. The number of piperazine rings is 1. The summed E-state index contributed by atoms with van der Waals surface area (Å²) in [5.74, 6) is 1.67. The van der Waals surface area contributed by atoms with Crippen molar-refractivity contribution >= 4 is 11.8 Å². The molecule has 0 saturated carbocycles. The largest absolute Gasteiger partial charge is 0.378 e. The lowest BCUT2D eigenvalue weighted by Gasteiger charge is -2.38. The molecule has 3 rings (SSSR count). The van der Waals surface area contributed by atoms with E-state index in [9.17, 15) is 4.79 Å². The van der Waals surface area contributed by atoms with Gasteiger partial charge in [-0.05, 0) is 6.92 Å². The molecule has 1 aromatic heterocycles. The zero-order chi connectivity index (χ0) is 13.9. The summed E-state index contributed by atoms with van der Waals surface area (Å²) < 4.78 is 10.4. The normalized spacial score (nSPS) is 20.4. The molecule has 1 aromatic rings. The van der Waals surface area contributed by atoms with Crippen molar-refractivity contribution in [1.29, 1.82) is 0 Å². The molecule has 20 heavy (non-hydrogen) atoms. The summed E-state index contributed by atoms with van der Waals surface area (Å²) in [6.45, 7) is 7.60. The van der Waals surface area contributed by atoms with Crippen LogP contribution in [0.3, 0.4) is 0 Å². The van der Waals surface area contributed by atoms with E-state index in [1.807, 2.05) is 22.8 Å². The van der Waals surface area contributed by atoms with Gasteiger partial charge in [-0.1, -0.05) is 5.16 Å². The molecule has 2 saturated heterocycles. The van der Waals surface area contributed by atoms with Gasteiger partial charge in [0.05, 0.1) is 13.2 Å². The van der Waals surface area contributed by atoms with Crippen LogP contribution in [0, 0.1) is 6.92 Å². The number of amides is 2. The molecule has 0 unspecified atom stereocenters. The Labute approximate surface area is 118 Å². The molecular formula is C13H20N4O3. The topological polar surface area (TPSA) is 62.0 Å². The van der Waals surface area contributed by atoms with Gasteiger partial charge in [0, 0.05) is 45.3 Å². The number of morpholine rings is 1. The SMILES string of the molecule is Cc1cc(N2CCN(C(=O)N3CCOCC3)CC2)no1. The summed E-state index contributed by atoms with van der Waals surface area (Å²) in [6, 6.07) is 2.06. The molecule has 110 valence electrons. The van der Waals surface area contributed by atoms with Crippen molar-refractivity contribution in [3.8, 4) is 0 Å². The second-order valence-electron chi connectivity index (χ2n) is 5.15. The standard InChI is InChI=1S/C13H20N4O3/c1-11-10-12(14-20-11)15-2-4-16(5-3-15)13(18)17-6-8-19-9-7-17/h10H,2-9H2,1H3. The van der Waals surface area contributed by atoms with Crippen molar-refractivity contribution in [3.05, 3.63) is 11.8 Å². The number of aromatic nitrogens is 1. The van der Waals surface area contributed by atoms with Crippen molar-refractivity contribution < 1.29 is 14.1 Å². The fourth-order valence-corrected chi connectivity index (χ4v) is 2.58. The monoisotopic (exact) mass is 280 g/mol. The summed E-state index contributed by atoms with van der Waals surface area (Å²) in [4.78, 5) is 18.3. The maximum absolute atomic E-state index is 12.3. The minimum atomic E-state index is 0.129. The number of anilines is 1. The molecule has 0 radical (unpaired) electrons. The molecule has 2 fully saturated rings. The van der Waals surface area contributed by atoms with Crippen LogP contribution < -0.4 is 4.90 Å². The quantitative estimate of drug-likeness (QED) is 0.752. The highest BCUT2D eigenvalue weighted by molar-refractivity contribution is 5.75. The third kappa shape index (κ3) is 2.72. The van der Waals surface area contributed by atoms with Gasteiger partial charge in [-0.15, -0.1) is 0 Å². The zero-order valence-electron chi connectivity index (χ0n) is 11.7. The maximum Gasteiger partial charge on any atom is 0.320 e. The van der Waals surface area contributed by atoms with Crippen molar-refractivity contribution in [2.75, 3.05) is 57.4 Å². The molecule has 0 bridgehead atoms. The van der Waals surface area contributed by atoms with E-state index in [2.05, 4.69) is 10.1 Å². The molecule has 2 amide bonds. The predicted octanol–water partition coefficient (Wildman–Crippen LogP) is 0.557. The molecule has 0 aromatic carbocycles. The molecule has 2 aliphatic heterocycles. The van der Waals surface area contributed by atoms with Crippen LogP contribution in [0.4, 0.5) is 10.6 Å². The number of aryl methyl sites for hydroxylation is 1. The van der Waals surface area contributed by atoms with Gasteiger partial charge in [0.1, 0.15) is 5.76 Å². The van der Waals surface area contributed by atoms with Gasteiger partial charge in [0.25, 0.3) is 0 Å². The van der Waals surface area contributed by atoms with Gasteiger partial charge in [0.2, 0.25) is 0 Å². The van der Waals surface area contributed by atoms with Crippen LogP contribution in [0.1, 0.15) is 5.76 Å². The number of carbonyl (C=O) groups is 1. The van der Waals surface area contributed by atoms with Crippen LogP contribution in [-0.4, -0.2) is 73.5 Å². The van der Waals surface area contributed by atoms with Crippen molar-refractivity contribution in [1.82, 2.24) is 15.0 Å². The summed E-state index contributed by atoms with van der Waals surface area (Å²) in [5, 5.41) is 4.02. The third-order valence-electron chi connectivity index (χ3n) is 3.77. The van der Waals surface area contributed by atoms with Crippen molar-refractivity contribution in [2.24, 2.45) is 0 Å². The Morgan fingerprint density at radius 2 is 1.75 bits per heavy atom. The minimum Gasteiger partial charge on any atom is -0.378 e. The Bertz CT molecular complexity index is 462. The van der Waals surface area contributed by atoms with Crippen molar-refractivity contribution in [2.45, 2.75) is 6.92 Å². The van der Waals surface area contributed by atoms with E-state index in [0.717, 1.165) is 37.8 Å². The predicted molar refractivity (Wildman–Crippen MR) is 72.8 cm³/mol. The average molecular weight is 280 g/mol. The second-order valence-corrected chi connectivity index (χ2v) is 5.15. The lowest BCUT2D eigenvalue weighted by Crippen LogP contribution is -2.54. The van der Waals surface area contributed by atoms with Crippen LogP contribution >= 0.6 is 0 Å². The summed E-state index contributed by atoms with van der Waals surface area (Å²) in [5.41, 5.74) is 0. The fourth-order valence-electron chi connectivity index (χ4n) is 2.58. The molecule has 3 heterocycles. The van der Waals surface area contributed by atoms with Crippen LogP contribution in [0.5, 0.6) is 0 Å². The Hall–Kier alpha value is -1.76. The molecule has 0 aliphatic carbocycles. The first-order valence-corrected chi connectivity index (χ1v) is 7.04. The molecule has 0 atom stereocenters. The number of nitrogens with zero attached hydrogens (tertiary/aromatic N) is 4. The number of ether oxygens (including phenoxy) is 1. The van der Waals surface area contributed by atoms with E-state index < -0.39 is 0 Å². The Morgan fingerprint density at radius 3 is 2.35 bits per heavy atom. The molecule has 0 N–H and O–H groups in total. The van der Waals surface area contributed by atoms with Crippen LogP contribution in [-0.2, 0) is 4.74 Å². The van der Waals surface area contributed by atoms with Gasteiger partial charge >= 0.3 is 6.03 Å². The molecule has 0 spiro atoms. The number of carbonyl (C=O) groups excluding carboxylic acids is 1. The van der Waals surface area contributed by atoms with E-state index in [4.69, 9.17) is 9.26 Å². The van der Waals surface area contributed by atoms with Crippen LogP contribution in [0.15, 0.2) is 10.6 Å². The van der Waals surface area contributed by atoms with E-state index in [1.165, 1.54) is 0 Å². The van der Waals surface area contributed by atoms with Crippen molar-refractivity contribution in [3.63, 3.8) is 0 Å². The molecule has 2 aliphatic rings. The van der Waals surface area contributed by atoms with Gasteiger partial charge < -0.3 is 24.0 Å². The first-order valence-electron chi connectivity index (χ1n) is 7.04. The number of urea groups is 1. The highest BCUT2D eigenvalue weighted by Gasteiger charge is 2.27. The van der Waals surface area contributed by atoms with E-state index in [0.29, 0.717) is 26.3 Å². The van der Waals surface area contributed by atoms with Gasteiger partial charge in [-0.25, -0.2) is 4.79 Å². The Balaban J connectivity index is 1.54.